The molecular formula is C11H14ClF2N. The summed E-state index contributed by atoms with van der Waals surface area (Å²) < 4.78 is 27.1. The van der Waals surface area contributed by atoms with Crippen LogP contribution in [0.4, 0.5) is 14.5 Å². The summed E-state index contributed by atoms with van der Waals surface area (Å²) >= 11 is 5.52. The van der Waals surface area contributed by atoms with Gasteiger partial charge in [0.05, 0.1) is 0 Å². The third-order valence-corrected chi connectivity index (χ3v) is 2.67. The van der Waals surface area contributed by atoms with E-state index in [-0.39, 0.29) is 17.6 Å². The van der Waals surface area contributed by atoms with Crippen molar-refractivity contribution in [1.82, 2.24) is 0 Å². The van der Waals surface area contributed by atoms with Crippen molar-refractivity contribution < 1.29 is 8.78 Å². The number of nitrogens with zero attached hydrogens (tertiary/aromatic N) is 1. The summed E-state index contributed by atoms with van der Waals surface area (Å²) in [6.45, 7) is 3.74. The van der Waals surface area contributed by atoms with Gasteiger partial charge >= 0.3 is 0 Å². The van der Waals surface area contributed by atoms with Gasteiger partial charge in [0.15, 0.2) is 0 Å². The average molecular weight is 234 g/mol. The maximum absolute atomic E-state index is 13.6. The standard InChI is InChI=1S/C11H14ClF2N/c1-7(2)15(3)11-9(13)4-8(6-12)5-10(11)14/h4-5,7H,6H2,1-3H3. The van der Waals surface area contributed by atoms with Gasteiger partial charge in [0.2, 0.25) is 0 Å². The number of anilines is 1. The van der Waals surface area contributed by atoms with Crippen LogP contribution in [-0.4, -0.2) is 13.1 Å². The predicted octanol–water partition coefficient (Wildman–Crippen LogP) is 3.55. The maximum atomic E-state index is 13.6. The molecule has 0 aromatic heterocycles. The summed E-state index contributed by atoms with van der Waals surface area (Å²) in [7, 11) is 1.66. The first kappa shape index (κ1) is 12.2. The topological polar surface area (TPSA) is 3.24 Å². The van der Waals surface area contributed by atoms with Crippen LogP contribution in [0.3, 0.4) is 0 Å². The van der Waals surface area contributed by atoms with Crippen LogP contribution in [0.1, 0.15) is 19.4 Å². The van der Waals surface area contributed by atoms with Gasteiger partial charge in [-0.25, -0.2) is 8.78 Å². The Morgan fingerprint density at radius 1 is 1.27 bits per heavy atom. The quantitative estimate of drug-likeness (QED) is 0.722. The van der Waals surface area contributed by atoms with Crippen molar-refractivity contribution in [3.05, 3.63) is 29.3 Å². The molecule has 0 aliphatic heterocycles. The third kappa shape index (κ3) is 2.59. The molecular weight excluding hydrogens is 220 g/mol. The number of alkyl halides is 1. The summed E-state index contributed by atoms with van der Waals surface area (Å²) in [5, 5.41) is 0. The summed E-state index contributed by atoms with van der Waals surface area (Å²) in [5.41, 5.74) is 0.450. The first-order chi connectivity index (χ1) is 6.97. The minimum absolute atomic E-state index is 0.00105. The largest absolute Gasteiger partial charge is 0.367 e. The van der Waals surface area contributed by atoms with E-state index in [2.05, 4.69) is 0 Å². The van der Waals surface area contributed by atoms with Crippen molar-refractivity contribution in [2.75, 3.05) is 11.9 Å². The van der Waals surface area contributed by atoms with E-state index < -0.39 is 11.6 Å². The van der Waals surface area contributed by atoms with Gasteiger partial charge in [-0.1, -0.05) is 0 Å². The Morgan fingerprint density at radius 2 is 1.73 bits per heavy atom. The molecule has 0 N–H and O–H groups in total. The van der Waals surface area contributed by atoms with Crippen LogP contribution in [0.2, 0.25) is 0 Å². The smallest absolute Gasteiger partial charge is 0.149 e. The van der Waals surface area contributed by atoms with Crippen molar-refractivity contribution in [3.8, 4) is 0 Å². The first-order valence-corrected chi connectivity index (χ1v) is 5.27. The lowest BCUT2D eigenvalue weighted by atomic mass is 10.1. The fourth-order valence-corrected chi connectivity index (χ4v) is 1.44. The van der Waals surface area contributed by atoms with E-state index in [1.165, 1.54) is 12.1 Å². The maximum Gasteiger partial charge on any atom is 0.149 e. The van der Waals surface area contributed by atoms with Gasteiger partial charge in [0.25, 0.3) is 0 Å². The SMILES string of the molecule is CC(C)N(C)c1c(F)cc(CCl)cc1F. The average Bonchev–Trinajstić information content (AvgIpc) is 2.16. The van der Waals surface area contributed by atoms with Crippen molar-refractivity contribution in [3.63, 3.8) is 0 Å². The summed E-state index contributed by atoms with van der Waals surface area (Å²) in [6, 6.07) is 2.57. The molecule has 0 aliphatic carbocycles. The molecule has 1 rings (SSSR count). The van der Waals surface area contributed by atoms with Crippen LogP contribution < -0.4 is 4.90 Å². The van der Waals surface area contributed by atoms with Gasteiger partial charge in [0, 0.05) is 19.0 Å². The molecule has 0 fully saturated rings. The minimum atomic E-state index is -0.568. The van der Waals surface area contributed by atoms with Crippen molar-refractivity contribution in [2.24, 2.45) is 0 Å². The molecule has 4 heteroatoms. The second kappa shape index (κ2) is 4.79. The highest BCUT2D eigenvalue weighted by Gasteiger charge is 2.16. The van der Waals surface area contributed by atoms with E-state index in [9.17, 15) is 8.78 Å². The molecule has 1 nitrogen and oxygen atoms in total. The number of benzene rings is 1. The second-order valence-corrected chi connectivity index (χ2v) is 4.01. The molecule has 0 aliphatic rings. The monoisotopic (exact) mass is 233 g/mol. The first-order valence-electron chi connectivity index (χ1n) is 4.74. The van der Waals surface area contributed by atoms with Crippen LogP contribution in [-0.2, 0) is 5.88 Å². The van der Waals surface area contributed by atoms with E-state index in [1.54, 1.807) is 11.9 Å². The number of halogens is 3. The Bertz CT molecular complexity index is 329. The molecule has 0 radical (unpaired) electrons. The molecule has 0 atom stereocenters. The van der Waals surface area contributed by atoms with Crippen LogP contribution in [0.25, 0.3) is 0 Å². The highest BCUT2D eigenvalue weighted by atomic mass is 35.5. The normalized spacial score (nSPS) is 10.9. The zero-order chi connectivity index (χ0) is 11.6. The summed E-state index contributed by atoms with van der Waals surface area (Å²) in [4.78, 5) is 1.56. The van der Waals surface area contributed by atoms with Crippen LogP contribution >= 0.6 is 11.6 Å². The fraction of sp³-hybridized carbons (Fsp3) is 0.455. The molecule has 1 aromatic rings. The van der Waals surface area contributed by atoms with Gasteiger partial charge in [-0.05, 0) is 31.5 Å². The number of hydrogen-bond donors (Lipinski definition) is 0. The van der Waals surface area contributed by atoms with Gasteiger partial charge in [-0.15, -0.1) is 11.6 Å². The van der Waals surface area contributed by atoms with Crippen LogP contribution in [0.5, 0.6) is 0 Å². The van der Waals surface area contributed by atoms with Gasteiger partial charge in [-0.2, -0.15) is 0 Å². The van der Waals surface area contributed by atoms with E-state index in [1.807, 2.05) is 13.8 Å². The molecule has 0 unspecified atom stereocenters. The van der Waals surface area contributed by atoms with E-state index in [0.717, 1.165) is 0 Å². The highest BCUT2D eigenvalue weighted by Crippen LogP contribution is 2.25. The van der Waals surface area contributed by atoms with Crippen molar-refractivity contribution in [2.45, 2.75) is 25.8 Å². The number of rotatable bonds is 3. The van der Waals surface area contributed by atoms with Crippen LogP contribution in [0.15, 0.2) is 12.1 Å². The molecule has 0 amide bonds. The Morgan fingerprint density at radius 3 is 2.07 bits per heavy atom. The van der Waals surface area contributed by atoms with E-state index >= 15 is 0 Å². The van der Waals surface area contributed by atoms with E-state index in [0.29, 0.717) is 5.56 Å². The number of hydrogen-bond acceptors (Lipinski definition) is 1. The summed E-state index contributed by atoms with van der Waals surface area (Å²) in [6.07, 6.45) is 0. The predicted molar refractivity (Wildman–Crippen MR) is 59.5 cm³/mol. The van der Waals surface area contributed by atoms with Crippen LogP contribution in [0, 0.1) is 11.6 Å². The summed E-state index contributed by atoms with van der Waals surface area (Å²) in [5.74, 6) is -1.02. The third-order valence-electron chi connectivity index (χ3n) is 2.36. The molecule has 15 heavy (non-hydrogen) atoms. The molecule has 1 aromatic carbocycles. The molecule has 0 bridgehead atoms. The lowest BCUT2D eigenvalue weighted by Gasteiger charge is -2.24. The highest BCUT2D eigenvalue weighted by molar-refractivity contribution is 6.17. The zero-order valence-corrected chi connectivity index (χ0v) is 9.78. The van der Waals surface area contributed by atoms with Crippen molar-refractivity contribution >= 4 is 17.3 Å². The van der Waals surface area contributed by atoms with Gasteiger partial charge < -0.3 is 4.90 Å². The molecule has 0 heterocycles. The Balaban J connectivity index is 3.19. The minimum Gasteiger partial charge on any atom is -0.367 e. The molecule has 0 spiro atoms. The van der Waals surface area contributed by atoms with E-state index in [4.69, 9.17) is 11.6 Å². The second-order valence-electron chi connectivity index (χ2n) is 3.75. The molecule has 0 saturated heterocycles. The van der Waals surface area contributed by atoms with Gasteiger partial charge in [-0.3, -0.25) is 0 Å². The molecule has 84 valence electrons. The lowest BCUT2D eigenvalue weighted by Crippen LogP contribution is -2.27. The Labute approximate surface area is 93.7 Å². The van der Waals surface area contributed by atoms with Crippen molar-refractivity contribution in [1.29, 1.82) is 0 Å². The van der Waals surface area contributed by atoms with Gasteiger partial charge in [0.1, 0.15) is 17.3 Å². The Hall–Kier alpha value is -0.830. The fourth-order valence-electron chi connectivity index (χ4n) is 1.29. The zero-order valence-electron chi connectivity index (χ0n) is 9.02. The molecule has 0 saturated carbocycles. The lowest BCUT2D eigenvalue weighted by molar-refractivity contribution is 0.565. The Kier molecular flexibility index (Phi) is 3.91.